The Balaban J connectivity index is 0.000000361. The molecule has 0 unspecified atom stereocenters. The third kappa shape index (κ3) is 8.40. The Morgan fingerprint density at radius 3 is 0.763 bits per heavy atom. The van der Waals surface area contributed by atoms with Gasteiger partial charge >= 0.3 is 39.0 Å². The van der Waals surface area contributed by atoms with Crippen molar-refractivity contribution in [2.75, 3.05) is 0 Å². The maximum Gasteiger partial charge on any atom is 2.00 e. The molecule has 14 heteroatoms. The van der Waals surface area contributed by atoms with Crippen LogP contribution < -0.4 is 20.4 Å². The van der Waals surface area contributed by atoms with Crippen LogP contribution in [0.3, 0.4) is 0 Å². The van der Waals surface area contributed by atoms with E-state index < -0.39 is 23.9 Å². The fraction of sp³-hybridized carbons (Fsp3) is 0. The Kier molecular flexibility index (Phi) is 12.1. The molecule has 12 nitrogen and oxygen atoms in total. The molecule has 0 spiro atoms. The van der Waals surface area contributed by atoms with Crippen LogP contribution in [0.2, 0.25) is 0 Å². The van der Waals surface area contributed by atoms with Crippen molar-refractivity contribution >= 4 is 23.9 Å². The molecule has 192 valence electrons. The zero-order valence-electron chi connectivity index (χ0n) is 18.7. The standard InChI is InChI=1S/2C12H8N2O4.2Ru/c2*15-11(16)7-1-3-13-9(5-7)10-6-8(12(17)18)2-4-14-10;;/h2*1-6H,(H,15,16)(H,17,18);;/q;;2*+2/p-4. The zero-order chi connectivity index (χ0) is 26.2. The predicted octanol–water partition coefficient (Wildman–Crippen LogP) is -2.26. The van der Waals surface area contributed by atoms with E-state index >= 15 is 0 Å². The molecule has 0 atom stereocenters. The van der Waals surface area contributed by atoms with Crippen LogP contribution in [0, 0.1) is 0 Å². The summed E-state index contributed by atoms with van der Waals surface area (Å²) in [5.74, 6) is -5.35. The summed E-state index contributed by atoms with van der Waals surface area (Å²) in [6.45, 7) is 0. The van der Waals surface area contributed by atoms with Crippen molar-refractivity contribution < 1.29 is 78.6 Å². The van der Waals surface area contributed by atoms with E-state index in [1.54, 1.807) is 0 Å². The van der Waals surface area contributed by atoms with E-state index in [1.165, 1.54) is 73.3 Å². The fourth-order valence-electron chi connectivity index (χ4n) is 2.79. The van der Waals surface area contributed by atoms with E-state index in [1.807, 2.05) is 0 Å². The summed E-state index contributed by atoms with van der Waals surface area (Å²) in [5.41, 5.74) is 0.779. The van der Waals surface area contributed by atoms with Gasteiger partial charge in [0.2, 0.25) is 0 Å². The molecular formula is C24H12N4O8Ru2. The molecule has 0 amide bonds. The summed E-state index contributed by atoms with van der Waals surface area (Å²) in [4.78, 5) is 58.5. The van der Waals surface area contributed by atoms with Gasteiger partial charge in [-0.2, -0.15) is 0 Å². The molecule has 0 saturated carbocycles. The van der Waals surface area contributed by atoms with Gasteiger partial charge in [0.15, 0.2) is 0 Å². The first kappa shape index (κ1) is 31.8. The van der Waals surface area contributed by atoms with Gasteiger partial charge in [-0.1, -0.05) is 0 Å². The van der Waals surface area contributed by atoms with Crippen LogP contribution in [-0.4, -0.2) is 43.8 Å². The van der Waals surface area contributed by atoms with Crippen molar-refractivity contribution in [2.45, 2.75) is 0 Å². The van der Waals surface area contributed by atoms with Gasteiger partial charge in [-0.05, 0) is 48.5 Å². The molecule has 0 radical (unpaired) electrons. The van der Waals surface area contributed by atoms with Crippen LogP contribution in [0.5, 0.6) is 0 Å². The number of nitrogens with zero attached hydrogens (tertiary/aromatic N) is 4. The molecular weight excluding hydrogens is 674 g/mol. The van der Waals surface area contributed by atoms with Crippen molar-refractivity contribution in [1.29, 1.82) is 0 Å². The molecule has 0 N–H and O–H groups in total. The Labute approximate surface area is 240 Å². The number of hydrogen-bond donors (Lipinski definition) is 0. The molecule has 4 heterocycles. The maximum absolute atomic E-state index is 10.7. The molecule has 38 heavy (non-hydrogen) atoms. The largest absolute Gasteiger partial charge is 2.00 e. The van der Waals surface area contributed by atoms with Crippen LogP contribution in [0.1, 0.15) is 41.4 Å². The molecule has 4 rings (SSSR count). The van der Waals surface area contributed by atoms with Crippen molar-refractivity contribution in [3.8, 4) is 22.8 Å². The maximum atomic E-state index is 10.7. The minimum Gasteiger partial charge on any atom is -0.545 e. The Bertz CT molecular complexity index is 1260. The van der Waals surface area contributed by atoms with Crippen molar-refractivity contribution in [2.24, 2.45) is 0 Å². The van der Waals surface area contributed by atoms with Gasteiger partial charge in [-0.25, -0.2) is 0 Å². The van der Waals surface area contributed by atoms with Gasteiger partial charge in [-0.3, -0.25) is 19.9 Å². The van der Waals surface area contributed by atoms with Crippen LogP contribution in [-0.2, 0) is 39.0 Å². The number of carboxylic acids is 4. The number of carbonyl (C=O) groups is 4. The summed E-state index contributed by atoms with van der Waals surface area (Å²) < 4.78 is 0. The zero-order valence-corrected chi connectivity index (χ0v) is 22.2. The van der Waals surface area contributed by atoms with Crippen LogP contribution >= 0.6 is 0 Å². The minimum atomic E-state index is -1.34. The summed E-state index contributed by atoms with van der Waals surface area (Å²) in [5, 5.41) is 42.8. The van der Waals surface area contributed by atoms with Gasteiger partial charge in [0, 0.05) is 47.0 Å². The van der Waals surface area contributed by atoms with Gasteiger partial charge in [0.05, 0.1) is 46.7 Å². The van der Waals surface area contributed by atoms with Crippen LogP contribution in [0.25, 0.3) is 22.8 Å². The van der Waals surface area contributed by atoms with Crippen molar-refractivity contribution in [3.05, 3.63) is 95.6 Å². The molecule has 0 fully saturated rings. The van der Waals surface area contributed by atoms with E-state index in [9.17, 15) is 39.6 Å². The van der Waals surface area contributed by atoms with E-state index in [4.69, 9.17) is 0 Å². The second kappa shape index (κ2) is 14.5. The number of rotatable bonds is 6. The molecule has 0 aliphatic carbocycles. The third-order valence-corrected chi connectivity index (χ3v) is 4.51. The summed E-state index contributed by atoms with van der Waals surface area (Å²) in [6.07, 6.45) is 5.14. The minimum absolute atomic E-state index is 0. The monoisotopic (exact) mass is 688 g/mol. The fourth-order valence-corrected chi connectivity index (χ4v) is 2.79. The Morgan fingerprint density at radius 2 is 0.605 bits per heavy atom. The average molecular weight is 687 g/mol. The number of carboxylic acid groups (broad SMARTS) is 4. The third-order valence-electron chi connectivity index (χ3n) is 4.51. The number of aromatic carboxylic acids is 4. The summed E-state index contributed by atoms with van der Waals surface area (Å²) >= 11 is 0. The quantitative estimate of drug-likeness (QED) is 0.197. The van der Waals surface area contributed by atoms with E-state index in [0.29, 0.717) is 0 Å². The molecule has 4 aromatic heterocycles. The molecule has 0 aliphatic heterocycles. The van der Waals surface area contributed by atoms with Crippen LogP contribution in [0.15, 0.2) is 73.3 Å². The Hall–Kier alpha value is -4.27. The van der Waals surface area contributed by atoms with Crippen molar-refractivity contribution in [3.63, 3.8) is 0 Å². The molecule has 0 saturated heterocycles. The smallest absolute Gasteiger partial charge is 0.545 e. The summed E-state index contributed by atoms with van der Waals surface area (Å²) in [6, 6.07) is 10.2. The van der Waals surface area contributed by atoms with Crippen molar-refractivity contribution in [1.82, 2.24) is 19.9 Å². The molecule has 0 aromatic carbocycles. The Morgan fingerprint density at radius 1 is 0.421 bits per heavy atom. The number of carbonyl (C=O) groups excluding carboxylic acids is 4. The number of aromatic nitrogens is 4. The molecule has 0 bridgehead atoms. The SMILES string of the molecule is O=C([O-])c1ccnc(-c2cc(C(=O)[O-])ccn2)c1.O=C([O-])c1ccnc(-c2cc(C(=O)[O-])ccn2)c1.[Ru+2].[Ru+2]. The van der Waals surface area contributed by atoms with Crippen LogP contribution in [0.4, 0.5) is 0 Å². The molecule has 4 aromatic rings. The molecule has 0 aliphatic rings. The first-order chi connectivity index (χ1) is 17.2. The van der Waals surface area contributed by atoms with Gasteiger partial charge in [0.1, 0.15) is 0 Å². The number of pyridine rings is 4. The first-order valence-corrected chi connectivity index (χ1v) is 9.86. The average Bonchev–Trinajstić information content (AvgIpc) is 2.89. The predicted molar refractivity (Wildman–Crippen MR) is 112 cm³/mol. The van der Waals surface area contributed by atoms with Gasteiger partial charge in [-0.15, -0.1) is 0 Å². The van der Waals surface area contributed by atoms with Gasteiger partial charge in [0.25, 0.3) is 0 Å². The second-order valence-electron chi connectivity index (χ2n) is 6.87. The normalized spacial score (nSPS) is 9.47. The second-order valence-corrected chi connectivity index (χ2v) is 6.87. The van der Waals surface area contributed by atoms with E-state index in [-0.39, 0.29) is 84.0 Å². The summed E-state index contributed by atoms with van der Waals surface area (Å²) in [7, 11) is 0. The van der Waals surface area contributed by atoms with E-state index in [2.05, 4.69) is 19.9 Å². The van der Waals surface area contributed by atoms with E-state index in [0.717, 1.165) is 0 Å². The topological polar surface area (TPSA) is 212 Å². The number of hydrogen-bond acceptors (Lipinski definition) is 12. The van der Waals surface area contributed by atoms with Gasteiger partial charge < -0.3 is 39.6 Å². The first-order valence-electron chi connectivity index (χ1n) is 9.86.